The van der Waals surface area contributed by atoms with E-state index in [0.29, 0.717) is 13.0 Å². The van der Waals surface area contributed by atoms with Gasteiger partial charge in [0.15, 0.2) is 0 Å². The average molecular weight is 269 g/mol. The third kappa shape index (κ3) is 3.01. The molecule has 1 spiro atoms. The molecule has 1 unspecified atom stereocenters. The van der Waals surface area contributed by atoms with Crippen molar-refractivity contribution in [3.63, 3.8) is 0 Å². The summed E-state index contributed by atoms with van der Waals surface area (Å²) in [5, 5.41) is 9.33. The SMILES string of the molecule is CC(C)(C)OC(=O)N1CC2(CCCC2)CC1C(=O)O. The summed E-state index contributed by atoms with van der Waals surface area (Å²) in [5.41, 5.74) is -0.578. The topological polar surface area (TPSA) is 66.8 Å². The number of hydrogen-bond donors (Lipinski definition) is 1. The number of ether oxygens (including phenoxy) is 1. The van der Waals surface area contributed by atoms with Gasteiger partial charge in [-0.25, -0.2) is 9.59 Å². The number of carbonyl (C=O) groups excluding carboxylic acids is 1. The first-order valence-corrected chi connectivity index (χ1v) is 6.95. The first-order valence-electron chi connectivity index (χ1n) is 6.95. The second-order valence-electron chi connectivity index (χ2n) is 6.87. The quantitative estimate of drug-likeness (QED) is 0.794. The minimum atomic E-state index is -0.922. The first-order chi connectivity index (χ1) is 8.72. The number of carbonyl (C=O) groups is 2. The van der Waals surface area contributed by atoms with Gasteiger partial charge >= 0.3 is 12.1 Å². The molecule has 1 atom stereocenters. The van der Waals surface area contributed by atoms with Crippen LogP contribution in [-0.2, 0) is 9.53 Å². The summed E-state index contributed by atoms with van der Waals surface area (Å²) in [5.74, 6) is -0.922. The highest BCUT2D eigenvalue weighted by Gasteiger charge is 2.50. The van der Waals surface area contributed by atoms with Crippen LogP contribution in [0.4, 0.5) is 4.79 Å². The van der Waals surface area contributed by atoms with Crippen molar-refractivity contribution < 1.29 is 19.4 Å². The van der Waals surface area contributed by atoms with E-state index in [1.54, 1.807) is 20.8 Å². The summed E-state index contributed by atoms with van der Waals surface area (Å²) in [6, 6.07) is -0.729. The maximum absolute atomic E-state index is 12.2. The molecule has 0 radical (unpaired) electrons. The lowest BCUT2D eigenvalue weighted by molar-refractivity contribution is -0.142. The van der Waals surface area contributed by atoms with Crippen LogP contribution in [0.3, 0.4) is 0 Å². The van der Waals surface area contributed by atoms with Gasteiger partial charge in [-0.1, -0.05) is 12.8 Å². The standard InChI is InChI=1S/C14H23NO4/c1-13(2,3)19-12(18)15-9-14(6-4-5-7-14)8-10(15)11(16)17/h10H,4-9H2,1-3H3,(H,16,17). The van der Waals surface area contributed by atoms with Crippen LogP contribution < -0.4 is 0 Å². The fraction of sp³-hybridized carbons (Fsp3) is 0.857. The fourth-order valence-corrected chi connectivity index (χ4v) is 3.28. The van der Waals surface area contributed by atoms with Crippen molar-refractivity contribution in [3.8, 4) is 0 Å². The molecule has 108 valence electrons. The summed E-state index contributed by atoms with van der Waals surface area (Å²) in [6.45, 7) is 5.91. The van der Waals surface area contributed by atoms with Crippen LogP contribution in [0, 0.1) is 5.41 Å². The van der Waals surface area contributed by atoms with Crippen LogP contribution in [0.15, 0.2) is 0 Å². The Bertz CT molecular complexity index is 379. The highest BCUT2D eigenvalue weighted by atomic mass is 16.6. The lowest BCUT2D eigenvalue weighted by Gasteiger charge is -2.27. The van der Waals surface area contributed by atoms with Crippen molar-refractivity contribution in [3.05, 3.63) is 0 Å². The zero-order valence-electron chi connectivity index (χ0n) is 11.9. The zero-order chi connectivity index (χ0) is 14.3. The summed E-state index contributed by atoms with van der Waals surface area (Å²) < 4.78 is 5.33. The van der Waals surface area contributed by atoms with E-state index in [1.165, 1.54) is 4.90 Å². The van der Waals surface area contributed by atoms with E-state index in [-0.39, 0.29) is 5.41 Å². The predicted octanol–water partition coefficient (Wildman–Crippen LogP) is 2.64. The number of likely N-dealkylation sites (tertiary alicyclic amines) is 1. The maximum Gasteiger partial charge on any atom is 0.411 e. The molecule has 0 aromatic carbocycles. The van der Waals surface area contributed by atoms with E-state index >= 15 is 0 Å². The second kappa shape index (κ2) is 4.69. The number of hydrogen-bond acceptors (Lipinski definition) is 3. The van der Waals surface area contributed by atoms with Crippen LogP contribution in [-0.4, -0.2) is 40.3 Å². The van der Waals surface area contributed by atoms with Crippen molar-refractivity contribution in [2.45, 2.75) is 64.5 Å². The molecule has 1 saturated heterocycles. The van der Waals surface area contributed by atoms with Crippen LogP contribution in [0.5, 0.6) is 0 Å². The van der Waals surface area contributed by atoms with Crippen LogP contribution >= 0.6 is 0 Å². The lowest BCUT2D eigenvalue weighted by Crippen LogP contribution is -2.43. The largest absolute Gasteiger partial charge is 0.480 e. The van der Waals surface area contributed by atoms with Gasteiger partial charge in [-0.15, -0.1) is 0 Å². The van der Waals surface area contributed by atoms with Crippen LogP contribution in [0.2, 0.25) is 0 Å². The predicted molar refractivity (Wildman–Crippen MR) is 69.9 cm³/mol. The summed E-state index contributed by atoms with van der Waals surface area (Å²) in [7, 11) is 0. The van der Waals surface area contributed by atoms with E-state index in [2.05, 4.69) is 0 Å². The van der Waals surface area contributed by atoms with Crippen molar-refractivity contribution in [1.29, 1.82) is 0 Å². The molecule has 2 fully saturated rings. The summed E-state index contributed by atoms with van der Waals surface area (Å²) >= 11 is 0. The average Bonchev–Trinajstić information content (AvgIpc) is 2.84. The Hall–Kier alpha value is -1.26. The van der Waals surface area contributed by atoms with Gasteiger partial charge in [0.2, 0.25) is 0 Å². The molecule has 0 aromatic heterocycles. The molecule has 1 saturated carbocycles. The third-order valence-corrected chi connectivity index (χ3v) is 4.09. The van der Waals surface area contributed by atoms with E-state index in [9.17, 15) is 14.7 Å². The van der Waals surface area contributed by atoms with Gasteiger partial charge in [-0.2, -0.15) is 0 Å². The molecule has 1 aliphatic carbocycles. The van der Waals surface area contributed by atoms with Gasteiger partial charge in [-0.3, -0.25) is 4.90 Å². The van der Waals surface area contributed by atoms with Gasteiger partial charge in [0.1, 0.15) is 11.6 Å². The molecule has 0 aromatic rings. The minimum Gasteiger partial charge on any atom is -0.480 e. The van der Waals surface area contributed by atoms with Gasteiger partial charge < -0.3 is 9.84 Å². The number of carboxylic acid groups (broad SMARTS) is 1. The normalized spacial score (nSPS) is 25.8. The van der Waals surface area contributed by atoms with Crippen molar-refractivity contribution in [2.75, 3.05) is 6.54 Å². The van der Waals surface area contributed by atoms with Gasteiger partial charge in [0.05, 0.1) is 0 Å². The molecule has 1 heterocycles. The Labute approximate surface area is 113 Å². The summed E-state index contributed by atoms with van der Waals surface area (Å²) in [4.78, 5) is 24.9. The highest BCUT2D eigenvalue weighted by molar-refractivity contribution is 5.81. The van der Waals surface area contributed by atoms with Gasteiger partial charge in [-0.05, 0) is 45.4 Å². The third-order valence-electron chi connectivity index (χ3n) is 4.09. The van der Waals surface area contributed by atoms with Crippen LogP contribution in [0.1, 0.15) is 52.9 Å². The maximum atomic E-state index is 12.2. The molecule has 1 aliphatic heterocycles. The molecular formula is C14H23NO4. The second-order valence-corrected chi connectivity index (χ2v) is 6.87. The molecular weight excluding hydrogens is 246 g/mol. The van der Waals surface area contributed by atoms with Gasteiger partial charge in [0.25, 0.3) is 0 Å². The van der Waals surface area contributed by atoms with E-state index in [4.69, 9.17) is 4.74 Å². The summed E-state index contributed by atoms with van der Waals surface area (Å²) in [6.07, 6.45) is 4.39. The Kier molecular flexibility index (Phi) is 3.49. The Morgan fingerprint density at radius 2 is 1.84 bits per heavy atom. The highest BCUT2D eigenvalue weighted by Crippen LogP contribution is 2.48. The van der Waals surface area contributed by atoms with Crippen molar-refractivity contribution in [2.24, 2.45) is 5.41 Å². The molecule has 2 rings (SSSR count). The van der Waals surface area contributed by atoms with Crippen molar-refractivity contribution >= 4 is 12.1 Å². The van der Waals surface area contributed by atoms with Crippen molar-refractivity contribution in [1.82, 2.24) is 4.90 Å². The van der Waals surface area contributed by atoms with E-state index in [1.807, 2.05) is 0 Å². The monoisotopic (exact) mass is 269 g/mol. The molecule has 5 nitrogen and oxygen atoms in total. The van der Waals surface area contributed by atoms with E-state index < -0.39 is 23.7 Å². The number of rotatable bonds is 1. The zero-order valence-corrected chi connectivity index (χ0v) is 11.9. The number of amides is 1. The first kappa shape index (κ1) is 14.2. The Morgan fingerprint density at radius 3 is 2.32 bits per heavy atom. The number of nitrogens with zero attached hydrogens (tertiary/aromatic N) is 1. The minimum absolute atomic E-state index is 0.0139. The smallest absolute Gasteiger partial charge is 0.411 e. The molecule has 5 heteroatoms. The molecule has 1 N–H and O–H groups in total. The molecule has 2 aliphatic rings. The molecule has 1 amide bonds. The Balaban J connectivity index is 2.13. The van der Waals surface area contributed by atoms with Crippen LogP contribution in [0.25, 0.3) is 0 Å². The fourth-order valence-electron chi connectivity index (χ4n) is 3.28. The number of carboxylic acids is 1. The van der Waals surface area contributed by atoms with E-state index in [0.717, 1.165) is 25.7 Å². The Morgan fingerprint density at radius 1 is 1.26 bits per heavy atom. The molecule has 0 bridgehead atoms. The lowest BCUT2D eigenvalue weighted by atomic mass is 9.84. The number of aliphatic carboxylic acids is 1. The van der Waals surface area contributed by atoms with Gasteiger partial charge in [0, 0.05) is 6.54 Å². The molecule has 19 heavy (non-hydrogen) atoms.